The second-order valence-electron chi connectivity index (χ2n) is 6.15. The number of hydrogen-bond acceptors (Lipinski definition) is 6. The van der Waals surface area contributed by atoms with E-state index < -0.39 is 10.0 Å². The molecule has 2 heterocycles. The van der Waals surface area contributed by atoms with Crippen molar-refractivity contribution < 1.29 is 13.2 Å². The van der Waals surface area contributed by atoms with Gasteiger partial charge in [0.15, 0.2) is 4.34 Å². The lowest BCUT2D eigenvalue weighted by Crippen LogP contribution is -2.13. The third-order valence-corrected chi connectivity index (χ3v) is 7.89. The summed E-state index contributed by atoms with van der Waals surface area (Å²) in [5.74, 6) is -0.183. The Kier molecular flexibility index (Phi) is 5.09. The fraction of sp³-hybridized carbons (Fsp3) is 0.111. The van der Waals surface area contributed by atoms with Crippen LogP contribution in [-0.2, 0) is 21.2 Å². The van der Waals surface area contributed by atoms with Crippen molar-refractivity contribution in [3.05, 3.63) is 58.1 Å². The lowest BCUT2D eigenvalue weighted by Gasteiger charge is -2.11. The van der Waals surface area contributed by atoms with E-state index in [9.17, 15) is 13.2 Å². The number of sulfonamides is 1. The Labute approximate surface area is 175 Å². The van der Waals surface area contributed by atoms with Gasteiger partial charge in [-0.25, -0.2) is 13.4 Å². The first-order valence-corrected chi connectivity index (χ1v) is 11.7. The molecule has 0 aliphatic carbocycles. The SMILES string of the molecule is Cc1csc(Sc2ccc(NS(=O)(=O)c3cc4c(cc3Cl)NC(=O)C4)cc2)n1. The molecule has 2 aromatic carbocycles. The maximum absolute atomic E-state index is 12.8. The molecule has 0 fully saturated rings. The van der Waals surface area contributed by atoms with Gasteiger partial charge in [-0.3, -0.25) is 9.52 Å². The Balaban J connectivity index is 1.53. The van der Waals surface area contributed by atoms with Crippen LogP contribution < -0.4 is 10.0 Å². The number of rotatable bonds is 5. The van der Waals surface area contributed by atoms with Crippen LogP contribution in [0.2, 0.25) is 5.02 Å². The molecule has 4 rings (SSSR count). The molecule has 0 bridgehead atoms. The van der Waals surface area contributed by atoms with Gasteiger partial charge in [-0.1, -0.05) is 23.4 Å². The Morgan fingerprint density at radius 1 is 1.25 bits per heavy atom. The molecule has 1 aliphatic heterocycles. The fourth-order valence-corrected chi connectivity index (χ4v) is 6.16. The molecule has 2 N–H and O–H groups in total. The monoisotopic (exact) mass is 451 g/mol. The van der Waals surface area contributed by atoms with E-state index >= 15 is 0 Å². The minimum absolute atomic E-state index is 0.0545. The van der Waals surface area contributed by atoms with E-state index in [1.165, 1.54) is 23.9 Å². The highest BCUT2D eigenvalue weighted by Gasteiger charge is 2.25. The smallest absolute Gasteiger partial charge is 0.263 e. The zero-order valence-corrected chi connectivity index (χ0v) is 17.7. The van der Waals surface area contributed by atoms with Gasteiger partial charge in [0, 0.05) is 27.3 Å². The predicted molar refractivity (Wildman–Crippen MR) is 112 cm³/mol. The van der Waals surface area contributed by atoms with Gasteiger partial charge in [-0.05, 0) is 48.9 Å². The van der Waals surface area contributed by atoms with Crippen molar-refractivity contribution in [1.82, 2.24) is 4.98 Å². The van der Waals surface area contributed by atoms with Crippen molar-refractivity contribution >= 4 is 62.0 Å². The molecule has 1 amide bonds. The molecule has 1 aromatic heterocycles. The van der Waals surface area contributed by atoms with E-state index in [0.717, 1.165) is 14.9 Å². The number of nitrogens with one attached hydrogen (secondary N) is 2. The molecule has 10 heteroatoms. The van der Waals surface area contributed by atoms with E-state index in [1.807, 2.05) is 24.4 Å². The summed E-state index contributed by atoms with van der Waals surface area (Å²) in [4.78, 5) is 16.8. The van der Waals surface area contributed by atoms with Crippen LogP contribution in [0.4, 0.5) is 11.4 Å². The molecule has 0 radical (unpaired) electrons. The van der Waals surface area contributed by atoms with E-state index in [1.54, 1.807) is 23.5 Å². The highest BCUT2D eigenvalue weighted by Crippen LogP contribution is 2.34. The van der Waals surface area contributed by atoms with Crippen LogP contribution in [-0.4, -0.2) is 19.3 Å². The second-order valence-corrected chi connectivity index (χ2v) is 10.4. The van der Waals surface area contributed by atoms with Crippen molar-refractivity contribution in [2.45, 2.75) is 27.5 Å². The molecule has 28 heavy (non-hydrogen) atoms. The summed E-state index contributed by atoms with van der Waals surface area (Å²) >= 11 is 9.23. The first-order valence-electron chi connectivity index (χ1n) is 8.15. The van der Waals surface area contributed by atoms with Crippen molar-refractivity contribution in [3.63, 3.8) is 0 Å². The number of aryl methyl sites for hydroxylation is 1. The predicted octanol–water partition coefficient (Wildman–Crippen LogP) is 4.55. The van der Waals surface area contributed by atoms with Crippen LogP contribution in [0.5, 0.6) is 0 Å². The number of amides is 1. The number of nitrogens with zero attached hydrogens (tertiary/aromatic N) is 1. The summed E-state index contributed by atoms with van der Waals surface area (Å²) in [6, 6.07) is 9.93. The third-order valence-electron chi connectivity index (χ3n) is 3.98. The van der Waals surface area contributed by atoms with Gasteiger partial charge >= 0.3 is 0 Å². The molecule has 0 spiro atoms. The van der Waals surface area contributed by atoms with E-state index in [-0.39, 0.29) is 22.2 Å². The van der Waals surface area contributed by atoms with E-state index in [0.29, 0.717) is 16.9 Å². The highest BCUT2D eigenvalue weighted by atomic mass is 35.5. The van der Waals surface area contributed by atoms with Crippen LogP contribution in [0.1, 0.15) is 11.3 Å². The molecule has 144 valence electrons. The lowest BCUT2D eigenvalue weighted by molar-refractivity contribution is -0.115. The third kappa shape index (κ3) is 4.02. The number of hydrogen-bond donors (Lipinski definition) is 2. The van der Waals surface area contributed by atoms with Crippen molar-refractivity contribution in [3.8, 4) is 0 Å². The number of carbonyl (C=O) groups excluding carboxylic acids is 1. The van der Waals surface area contributed by atoms with Crippen LogP contribution >= 0.6 is 34.7 Å². The Morgan fingerprint density at radius 3 is 2.68 bits per heavy atom. The minimum atomic E-state index is -3.89. The van der Waals surface area contributed by atoms with Crippen LogP contribution in [0.25, 0.3) is 0 Å². The van der Waals surface area contributed by atoms with Gasteiger partial charge in [0.25, 0.3) is 10.0 Å². The molecule has 6 nitrogen and oxygen atoms in total. The summed E-state index contributed by atoms with van der Waals surface area (Å²) in [6.45, 7) is 1.94. The van der Waals surface area contributed by atoms with Gasteiger partial charge in [0.05, 0.1) is 11.4 Å². The molecular weight excluding hydrogens is 438 g/mol. The van der Waals surface area contributed by atoms with Crippen molar-refractivity contribution in [1.29, 1.82) is 0 Å². The minimum Gasteiger partial charge on any atom is -0.325 e. The molecule has 1 aliphatic rings. The normalized spacial score (nSPS) is 13.3. The van der Waals surface area contributed by atoms with Crippen LogP contribution in [0.15, 0.2) is 55.9 Å². The van der Waals surface area contributed by atoms with Gasteiger partial charge in [-0.15, -0.1) is 11.3 Å². The van der Waals surface area contributed by atoms with Gasteiger partial charge in [0.1, 0.15) is 4.90 Å². The summed E-state index contributed by atoms with van der Waals surface area (Å²) in [5.41, 5.74) is 2.55. The quantitative estimate of drug-likeness (QED) is 0.594. The molecule has 0 saturated heterocycles. The number of benzene rings is 2. The van der Waals surface area contributed by atoms with Crippen molar-refractivity contribution in [2.24, 2.45) is 0 Å². The van der Waals surface area contributed by atoms with Gasteiger partial charge < -0.3 is 5.32 Å². The average Bonchev–Trinajstić information content (AvgIpc) is 3.19. The topological polar surface area (TPSA) is 88.2 Å². The number of fused-ring (bicyclic) bond motifs is 1. The zero-order chi connectivity index (χ0) is 19.9. The van der Waals surface area contributed by atoms with Crippen LogP contribution in [0, 0.1) is 6.92 Å². The Hall–Kier alpha value is -2.07. The number of carbonyl (C=O) groups is 1. The second kappa shape index (κ2) is 7.40. The molecule has 3 aromatic rings. The molecule has 0 atom stereocenters. The van der Waals surface area contributed by atoms with Crippen molar-refractivity contribution in [2.75, 3.05) is 10.0 Å². The largest absolute Gasteiger partial charge is 0.325 e. The molecular formula is C18H14ClN3O3S3. The van der Waals surface area contributed by atoms with Gasteiger partial charge in [0.2, 0.25) is 5.91 Å². The van der Waals surface area contributed by atoms with E-state index in [4.69, 9.17) is 11.6 Å². The summed E-state index contributed by atoms with van der Waals surface area (Å²) < 4.78 is 29.0. The summed E-state index contributed by atoms with van der Waals surface area (Å²) in [7, 11) is -3.89. The molecule has 0 saturated carbocycles. The zero-order valence-electron chi connectivity index (χ0n) is 14.5. The fourth-order valence-electron chi connectivity index (χ4n) is 2.71. The number of thiazole rings is 1. The summed E-state index contributed by atoms with van der Waals surface area (Å²) in [6.07, 6.45) is 0.136. The van der Waals surface area contributed by atoms with Gasteiger partial charge in [-0.2, -0.15) is 0 Å². The number of anilines is 2. The first-order chi connectivity index (χ1) is 13.3. The summed E-state index contributed by atoms with van der Waals surface area (Å²) in [5, 5.41) is 4.68. The maximum Gasteiger partial charge on any atom is 0.263 e. The Bertz CT molecular complexity index is 1170. The molecule has 0 unspecified atom stereocenters. The lowest BCUT2D eigenvalue weighted by atomic mass is 10.2. The standard InChI is InChI=1S/C18H14ClN3O3S3/c1-10-9-26-18(20-10)27-13-4-2-12(3-5-13)22-28(24,25)16-6-11-7-17(23)21-15(11)8-14(16)19/h2-6,8-9,22H,7H2,1H3,(H,21,23). The number of halogens is 1. The average molecular weight is 452 g/mol. The Morgan fingerprint density at radius 2 is 2.00 bits per heavy atom. The highest BCUT2D eigenvalue weighted by molar-refractivity contribution is 8.01. The maximum atomic E-state index is 12.8. The van der Waals surface area contributed by atoms with Crippen LogP contribution in [0.3, 0.4) is 0 Å². The number of aromatic nitrogens is 1. The van der Waals surface area contributed by atoms with E-state index in [2.05, 4.69) is 15.0 Å². The first kappa shape index (κ1) is 19.3.